The Balaban J connectivity index is 2.13. The van der Waals surface area contributed by atoms with Crippen LogP contribution in [-0.2, 0) is 9.59 Å². The Hall–Kier alpha value is -1.14. The molecule has 0 bridgehead atoms. The molecule has 2 heterocycles. The molecule has 0 aromatic rings. The predicted octanol–water partition coefficient (Wildman–Crippen LogP) is -0.645. The predicted molar refractivity (Wildman–Crippen MR) is 67.3 cm³/mol. The maximum Gasteiger partial charge on any atom is 0.251 e. The number of nitrogens with zero attached hydrogens (tertiary/aromatic N) is 1. The number of rotatable bonds is 4. The zero-order valence-corrected chi connectivity index (χ0v) is 10.8. The zero-order chi connectivity index (χ0) is 13.1. The van der Waals surface area contributed by atoms with Crippen molar-refractivity contribution in [3.63, 3.8) is 0 Å². The quantitative estimate of drug-likeness (QED) is 0.354. The second-order valence-electron chi connectivity index (χ2n) is 5.11. The summed E-state index contributed by atoms with van der Waals surface area (Å²) in [5.41, 5.74) is 2.25. The second-order valence-corrected chi connectivity index (χ2v) is 5.11. The first-order valence-electron chi connectivity index (χ1n) is 6.73. The van der Waals surface area contributed by atoms with Gasteiger partial charge in [0.1, 0.15) is 0 Å². The first-order valence-corrected chi connectivity index (χ1v) is 6.73. The van der Waals surface area contributed by atoms with E-state index in [4.69, 9.17) is 5.84 Å². The molecule has 6 nitrogen and oxygen atoms in total. The van der Waals surface area contributed by atoms with Gasteiger partial charge in [0, 0.05) is 12.6 Å². The number of fused-ring (bicyclic) bond motifs is 1. The molecule has 18 heavy (non-hydrogen) atoms. The van der Waals surface area contributed by atoms with Crippen LogP contribution in [0.25, 0.3) is 0 Å². The lowest BCUT2D eigenvalue weighted by Gasteiger charge is -2.40. The lowest BCUT2D eigenvalue weighted by Crippen LogP contribution is -2.56. The molecule has 0 aliphatic carbocycles. The van der Waals surface area contributed by atoms with Crippen molar-refractivity contribution in [2.75, 3.05) is 13.1 Å². The van der Waals surface area contributed by atoms with Gasteiger partial charge in [-0.1, -0.05) is 13.3 Å². The highest BCUT2D eigenvalue weighted by Crippen LogP contribution is 2.29. The fourth-order valence-corrected chi connectivity index (χ4v) is 3.19. The van der Waals surface area contributed by atoms with Gasteiger partial charge in [-0.25, -0.2) is 5.84 Å². The molecular formula is C12H22N4O2. The van der Waals surface area contributed by atoms with Gasteiger partial charge in [-0.05, 0) is 25.8 Å². The molecule has 2 aliphatic rings. The molecule has 3 unspecified atom stereocenters. The summed E-state index contributed by atoms with van der Waals surface area (Å²) >= 11 is 0. The number of carbonyl (C=O) groups excluding carboxylic acids is 2. The van der Waals surface area contributed by atoms with Gasteiger partial charge in [0.05, 0.1) is 12.0 Å². The van der Waals surface area contributed by atoms with Crippen molar-refractivity contribution in [2.24, 2.45) is 11.8 Å². The molecular weight excluding hydrogens is 232 g/mol. The highest BCUT2D eigenvalue weighted by molar-refractivity contribution is 5.83. The lowest BCUT2D eigenvalue weighted by atomic mass is 9.89. The van der Waals surface area contributed by atoms with Crippen LogP contribution in [0.3, 0.4) is 0 Å². The molecule has 2 fully saturated rings. The number of hydrogen-bond donors (Lipinski definition) is 3. The second kappa shape index (κ2) is 5.67. The number of hydrogen-bond acceptors (Lipinski definition) is 4. The van der Waals surface area contributed by atoms with Crippen molar-refractivity contribution < 1.29 is 9.59 Å². The van der Waals surface area contributed by atoms with E-state index in [0.717, 1.165) is 32.2 Å². The van der Waals surface area contributed by atoms with Crippen LogP contribution in [0.4, 0.5) is 0 Å². The van der Waals surface area contributed by atoms with Gasteiger partial charge < -0.3 is 5.32 Å². The molecule has 0 radical (unpaired) electrons. The Bertz CT molecular complexity index is 334. The van der Waals surface area contributed by atoms with E-state index in [-0.39, 0.29) is 29.8 Å². The molecule has 0 saturated carbocycles. The molecule has 0 aromatic carbocycles. The highest BCUT2D eigenvalue weighted by atomic mass is 16.2. The highest BCUT2D eigenvalue weighted by Gasteiger charge is 2.44. The van der Waals surface area contributed by atoms with Crippen LogP contribution in [-0.4, -0.2) is 41.9 Å². The molecule has 2 aliphatic heterocycles. The topological polar surface area (TPSA) is 87.5 Å². The Labute approximate surface area is 107 Å². The number of nitrogens with one attached hydrogen (secondary N) is 2. The van der Waals surface area contributed by atoms with Crippen LogP contribution < -0.4 is 16.6 Å². The Morgan fingerprint density at radius 1 is 1.67 bits per heavy atom. The largest absolute Gasteiger partial charge is 0.354 e. The van der Waals surface area contributed by atoms with Crippen LogP contribution >= 0.6 is 0 Å². The number of amides is 2. The molecule has 0 aromatic heterocycles. The maximum absolute atomic E-state index is 11.9. The van der Waals surface area contributed by atoms with Gasteiger partial charge >= 0.3 is 0 Å². The van der Waals surface area contributed by atoms with Crippen molar-refractivity contribution >= 4 is 11.8 Å². The number of piperidine rings is 1. The molecule has 102 valence electrons. The standard InChI is InChI=1S/C12H22N4O2/c1-2-4-9(12(18)15-13)16-6-3-5-8-10(16)7-14-11(8)17/h8-10H,2-7,13H2,1H3,(H,14,17)(H,15,18). The average molecular weight is 254 g/mol. The minimum absolute atomic E-state index is 0.0451. The van der Waals surface area contributed by atoms with Crippen molar-refractivity contribution in [1.29, 1.82) is 0 Å². The van der Waals surface area contributed by atoms with Gasteiger partial charge in [-0.3, -0.25) is 19.9 Å². The summed E-state index contributed by atoms with van der Waals surface area (Å²) in [6, 6.07) is -0.0550. The number of nitrogens with two attached hydrogens (primary N) is 1. The van der Waals surface area contributed by atoms with E-state index in [2.05, 4.69) is 22.6 Å². The Morgan fingerprint density at radius 2 is 2.44 bits per heavy atom. The smallest absolute Gasteiger partial charge is 0.251 e. The van der Waals surface area contributed by atoms with Crippen LogP contribution in [0.1, 0.15) is 32.6 Å². The molecule has 6 heteroatoms. The molecule has 2 saturated heterocycles. The third kappa shape index (κ3) is 2.35. The van der Waals surface area contributed by atoms with Gasteiger partial charge in [0.15, 0.2) is 0 Å². The third-order valence-electron chi connectivity index (χ3n) is 4.05. The lowest BCUT2D eigenvalue weighted by molar-refractivity contribution is -0.131. The van der Waals surface area contributed by atoms with E-state index >= 15 is 0 Å². The molecule has 2 amide bonds. The van der Waals surface area contributed by atoms with Crippen molar-refractivity contribution in [1.82, 2.24) is 15.6 Å². The van der Waals surface area contributed by atoms with Crippen LogP contribution in [0.5, 0.6) is 0 Å². The third-order valence-corrected chi connectivity index (χ3v) is 4.05. The monoisotopic (exact) mass is 254 g/mol. The molecule has 3 atom stereocenters. The van der Waals surface area contributed by atoms with Crippen LogP contribution in [0.15, 0.2) is 0 Å². The van der Waals surface area contributed by atoms with E-state index in [1.54, 1.807) is 0 Å². The van der Waals surface area contributed by atoms with E-state index < -0.39 is 0 Å². The summed E-state index contributed by atoms with van der Waals surface area (Å²) in [6.45, 7) is 3.58. The van der Waals surface area contributed by atoms with E-state index in [1.165, 1.54) is 0 Å². The first kappa shape index (κ1) is 13.3. The first-order chi connectivity index (χ1) is 8.69. The summed E-state index contributed by atoms with van der Waals surface area (Å²) in [5, 5.41) is 2.90. The summed E-state index contributed by atoms with van der Waals surface area (Å²) in [4.78, 5) is 25.8. The van der Waals surface area contributed by atoms with Gasteiger partial charge in [-0.2, -0.15) is 0 Å². The average Bonchev–Trinajstić information content (AvgIpc) is 2.77. The van der Waals surface area contributed by atoms with E-state index in [0.29, 0.717) is 6.54 Å². The number of hydrazine groups is 1. The number of likely N-dealkylation sites (tertiary alicyclic amines) is 1. The van der Waals surface area contributed by atoms with Crippen molar-refractivity contribution in [2.45, 2.75) is 44.7 Å². The van der Waals surface area contributed by atoms with Crippen LogP contribution in [0.2, 0.25) is 0 Å². The zero-order valence-electron chi connectivity index (χ0n) is 10.8. The normalized spacial score (nSPS) is 29.6. The fraction of sp³-hybridized carbons (Fsp3) is 0.833. The number of carbonyl (C=O) groups is 2. The summed E-state index contributed by atoms with van der Waals surface area (Å²) in [6.07, 6.45) is 3.59. The van der Waals surface area contributed by atoms with Gasteiger partial charge in [0.25, 0.3) is 5.91 Å². The van der Waals surface area contributed by atoms with E-state index in [9.17, 15) is 9.59 Å². The van der Waals surface area contributed by atoms with Gasteiger partial charge in [0.2, 0.25) is 5.91 Å². The minimum atomic E-state index is -0.208. The fourth-order valence-electron chi connectivity index (χ4n) is 3.19. The van der Waals surface area contributed by atoms with Crippen molar-refractivity contribution in [3.05, 3.63) is 0 Å². The maximum atomic E-state index is 11.9. The Kier molecular flexibility index (Phi) is 4.19. The van der Waals surface area contributed by atoms with Gasteiger partial charge in [-0.15, -0.1) is 0 Å². The minimum Gasteiger partial charge on any atom is -0.354 e. The van der Waals surface area contributed by atoms with Crippen LogP contribution in [0, 0.1) is 5.92 Å². The summed E-state index contributed by atoms with van der Waals surface area (Å²) < 4.78 is 0. The molecule has 0 spiro atoms. The summed E-state index contributed by atoms with van der Waals surface area (Å²) in [7, 11) is 0. The van der Waals surface area contributed by atoms with E-state index in [1.807, 2.05) is 0 Å². The summed E-state index contributed by atoms with van der Waals surface area (Å²) in [5.74, 6) is 5.30. The van der Waals surface area contributed by atoms with Crippen molar-refractivity contribution in [3.8, 4) is 0 Å². The molecule has 4 N–H and O–H groups in total. The Morgan fingerprint density at radius 3 is 3.11 bits per heavy atom. The molecule has 2 rings (SSSR count). The SMILES string of the molecule is CCCC(C(=O)NN)N1CCCC2C(=O)NCC21.